The number of hydrogen-bond acceptors (Lipinski definition) is 1. The number of thiol groups is 1. The SMILES string of the molecule is Bc1ccccc1S. The van der Waals surface area contributed by atoms with Gasteiger partial charge >= 0.3 is 0 Å². The summed E-state index contributed by atoms with van der Waals surface area (Å²) in [6.45, 7) is 0. The zero-order valence-corrected chi connectivity index (χ0v) is 5.65. The molecule has 1 rings (SSSR count). The van der Waals surface area contributed by atoms with Crippen molar-refractivity contribution in [1.29, 1.82) is 0 Å². The van der Waals surface area contributed by atoms with Crippen molar-refractivity contribution < 1.29 is 0 Å². The van der Waals surface area contributed by atoms with E-state index in [4.69, 9.17) is 0 Å². The largest absolute Gasteiger partial charge is 0.144 e. The normalized spacial score (nSPS) is 9.12. The van der Waals surface area contributed by atoms with Gasteiger partial charge in [-0.1, -0.05) is 23.7 Å². The second-order valence-corrected chi connectivity index (χ2v) is 2.27. The van der Waals surface area contributed by atoms with Crippen LogP contribution in [0.4, 0.5) is 0 Å². The minimum Gasteiger partial charge on any atom is -0.144 e. The third-order valence-corrected chi connectivity index (χ3v) is 1.62. The third kappa shape index (κ3) is 1.07. The highest BCUT2D eigenvalue weighted by Crippen LogP contribution is 1.97. The Hall–Kier alpha value is -0.365. The average molecular weight is 122 g/mol. The quantitative estimate of drug-likeness (QED) is 0.369. The van der Waals surface area contributed by atoms with Gasteiger partial charge in [-0.25, -0.2) is 0 Å². The zero-order valence-electron chi connectivity index (χ0n) is 4.76. The summed E-state index contributed by atoms with van der Waals surface area (Å²) in [5.74, 6) is 0. The highest BCUT2D eigenvalue weighted by Gasteiger charge is 1.85. The predicted molar refractivity (Wildman–Crippen MR) is 41.9 cm³/mol. The summed E-state index contributed by atoms with van der Waals surface area (Å²) in [6.07, 6.45) is 0. The van der Waals surface area contributed by atoms with E-state index in [2.05, 4.69) is 12.6 Å². The second-order valence-electron chi connectivity index (χ2n) is 1.79. The van der Waals surface area contributed by atoms with Crippen molar-refractivity contribution >= 4 is 25.9 Å². The second kappa shape index (κ2) is 2.27. The molecule has 0 unspecified atom stereocenters. The van der Waals surface area contributed by atoms with Crippen LogP contribution >= 0.6 is 12.6 Å². The lowest BCUT2D eigenvalue weighted by Gasteiger charge is -1.92. The average Bonchev–Trinajstić information content (AvgIpc) is 1.77. The standard InChI is InChI=1S/C6H7BS/c7-5-3-1-2-4-6(5)8/h1-4,8H,7H2. The molecule has 40 valence electrons. The van der Waals surface area contributed by atoms with Crippen LogP contribution in [0.25, 0.3) is 0 Å². The fourth-order valence-corrected chi connectivity index (χ4v) is 0.724. The van der Waals surface area contributed by atoms with Gasteiger partial charge < -0.3 is 0 Å². The van der Waals surface area contributed by atoms with Gasteiger partial charge in [0.25, 0.3) is 0 Å². The first-order chi connectivity index (χ1) is 3.80. The van der Waals surface area contributed by atoms with Crippen molar-refractivity contribution in [3.63, 3.8) is 0 Å². The smallest absolute Gasteiger partial charge is 0.140 e. The summed E-state index contributed by atoms with van der Waals surface area (Å²) in [4.78, 5) is 1.06. The molecule has 0 atom stereocenters. The van der Waals surface area contributed by atoms with Crippen molar-refractivity contribution in [2.75, 3.05) is 0 Å². The monoisotopic (exact) mass is 122 g/mol. The van der Waals surface area contributed by atoms with Crippen LogP contribution in [0, 0.1) is 0 Å². The summed E-state index contributed by atoms with van der Waals surface area (Å²) in [6, 6.07) is 8.02. The van der Waals surface area contributed by atoms with E-state index in [9.17, 15) is 0 Å². The predicted octanol–water partition coefficient (Wildman–Crippen LogP) is 0.234. The van der Waals surface area contributed by atoms with E-state index >= 15 is 0 Å². The van der Waals surface area contributed by atoms with Crippen LogP contribution in [-0.2, 0) is 0 Å². The van der Waals surface area contributed by atoms with E-state index in [-0.39, 0.29) is 0 Å². The molecule has 0 fully saturated rings. The van der Waals surface area contributed by atoms with Crippen LogP contribution in [0.1, 0.15) is 0 Å². The Morgan fingerprint density at radius 1 is 1.25 bits per heavy atom. The number of rotatable bonds is 0. The summed E-state index contributed by atoms with van der Waals surface area (Å²) in [5.41, 5.74) is 1.23. The maximum atomic E-state index is 4.20. The molecule has 0 N–H and O–H groups in total. The molecule has 0 aliphatic heterocycles. The van der Waals surface area contributed by atoms with E-state index in [1.807, 2.05) is 32.1 Å². The van der Waals surface area contributed by atoms with Gasteiger partial charge in [0.2, 0.25) is 0 Å². The Kier molecular flexibility index (Phi) is 1.64. The summed E-state index contributed by atoms with van der Waals surface area (Å²) in [5, 5.41) is 0. The van der Waals surface area contributed by atoms with Gasteiger partial charge in [-0.2, -0.15) is 0 Å². The molecule has 0 aliphatic rings. The molecule has 0 amide bonds. The first-order valence-electron chi connectivity index (χ1n) is 2.55. The lowest BCUT2D eigenvalue weighted by atomic mass is 9.97. The van der Waals surface area contributed by atoms with Crippen LogP contribution in [0.5, 0.6) is 0 Å². The minimum absolute atomic E-state index is 1.06. The molecule has 0 saturated carbocycles. The van der Waals surface area contributed by atoms with Gasteiger partial charge in [-0.05, 0) is 11.0 Å². The molecule has 0 bridgehead atoms. The van der Waals surface area contributed by atoms with E-state index in [1.165, 1.54) is 5.46 Å². The van der Waals surface area contributed by atoms with E-state index in [0.29, 0.717) is 0 Å². The van der Waals surface area contributed by atoms with Crippen molar-refractivity contribution in [1.82, 2.24) is 0 Å². The Morgan fingerprint density at radius 2 is 1.88 bits per heavy atom. The molecule has 1 aromatic carbocycles. The van der Waals surface area contributed by atoms with Crippen LogP contribution in [0.2, 0.25) is 0 Å². The van der Waals surface area contributed by atoms with Crippen molar-refractivity contribution in [3.8, 4) is 0 Å². The molecule has 0 aromatic heterocycles. The third-order valence-electron chi connectivity index (χ3n) is 1.12. The van der Waals surface area contributed by atoms with Gasteiger partial charge in [0.15, 0.2) is 0 Å². The summed E-state index contributed by atoms with van der Waals surface area (Å²) < 4.78 is 0. The summed E-state index contributed by atoms with van der Waals surface area (Å²) >= 11 is 4.20. The van der Waals surface area contributed by atoms with Gasteiger partial charge in [-0.15, -0.1) is 12.6 Å². The van der Waals surface area contributed by atoms with E-state index in [1.54, 1.807) is 0 Å². The first-order valence-corrected chi connectivity index (χ1v) is 3.00. The van der Waals surface area contributed by atoms with Crippen molar-refractivity contribution in [3.05, 3.63) is 24.3 Å². The maximum Gasteiger partial charge on any atom is 0.140 e. The molecule has 2 heteroatoms. The molecule has 0 aliphatic carbocycles. The topological polar surface area (TPSA) is 0 Å². The molecule has 1 aromatic rings. The maximum absolute atomic E-state index is 4.20. The van der Waals surface area contributed by atoms with Crippen LogP contribution in [0.3, 0.4) is 0 Å². The van der Waals surface area contributed by atoms with Gasteiger partial charge in [0.1, 0.15) is 7.85 Å². The van der Waals surface area contributed by atoms with Crippen LogP contribution < -0.4 is 5.46 Å². The molecule has 0 nitrogen and oxygen atoms in total. The van der Waals surface area contributed by atoms with Gasteiger partial charge in [0, 0.05) is 0 Å². The first kappa shape index (κ1) is 5.77. The molecule has 0 saturated heterocycles. The van der Waals surface area contributed by atoms with Crippen molar-refractivity contribution in [2.45, 2.75) is 4.90 Å². The Bertz CT molecular complexity index is 165. The molecule has 8 heavy (non-hydrogen) atoms. The molecule has 0 spiro atoms. The molecule has 0 radical (unpaired) electrons. The highest BCUT2D eigenvalue weighted by molar-refractivity contribution is 7.80. The lowest BCUT2D eigenvalue weighted by molar-refractivity contribution is 1.54. The van der Waals surface area contributed by atoms with E-state index < -0.39 is 0 Å². The van der Waals surface area contributed by atoms with E-state index in [0.717, 1.165) is 4.90 Å². The summed E-state index contributed by atoms with van der Waals surface area (Å²) in [7, 11) is 2.04. The van der Waals surface area contributed by atoms with Crippen LogP contribution in [-0.4, -0.2) is 7.85 Å². The minimum atomic E-state index is 1.06. The van der Waals surface area contributed by atoms with Gasteiger partial charge in [-0.3, -0.25) is 0 Å². The fourth-order valence-electron chi connectivity index (χ4n) is 0.563. The fraction of sp³-hybridized carbons (Fsp3) is 0. The Morgan fingerprint density at radius 3 is 2.25 bits per heavy atom. The number of hydrogen-bond donors (Lipinski definition) is 1. The van der Waals surface area contributed by atoms with Crippen molar-refractivity contribution in [2.24, 2.45) is 0 Å². The molecule has 0 heterocycles. The number of benzene rings is 1. The lowest BCUT2D eigenvalue weighted by Crippen LogP contribution is -2.01. The molecular weight excluding hydrogens is 115 g/mol. The highest BCUT2D eigenvalue weighted by atomic mass is 32.1. The Labute approximate surface area is 55.7 Å². The van der Waals surface area contributed by atoms with Crippen LogP contribution in [0.15, 0.2) is 29.2 Å². The molecular formula is C6H7BS. The van der Waals surface area contributed by atoms with Gasteiger partial charge in [0.05, 0.1) is 0 Å². The zero-order chi connectivity index (χ0) is 5.98. The Balaban J connectivity index is 3.13.